The van der Waals surface area contributed by atoms with Gasteiger partial charge in [0.1, 0.15) is 11.6 Å². The van der Waals surface area contributed by atoms with E-state index in [1.165, 1.54) is 7.11 Å². The third-order valence-corrected chi connectivity index (χ3v) is 2.27. The average Bonchev–Trinajstić information content (AvgIpc) is 2.33. The van der Waals surface area contributed by atoms with Crippen LogP contribution in [0.3, 0.4) is 0 Å². The maximum Gasteiger partial charge on any atom is 0.297 e. The molecule has 2 rings (SSSR count). The minimum atomic E-state index is -1.28. The van der Waals surface area contributed by atoms with E-state index in [1.807, 2.05) is 0 Å². The van der Waals surface area contributed by atoms with Crippen LogP contribution >= 0.6 is 12.2 Å². The molecule has 0 unspecified atom stereocenters. The highest BCUT2D eigenvalue weighted by molar-refractivity contribution is 7.71. The first-order valence-corrected chi connectivity index (χ1v) is 5.09. The van der Waals surface area contributed by atoms with Crippen LogP contribution in [-0.4, -0.2) is 22.1 Å². The lowest BCUT2D eigenvalue weighted by Crippen LogP contribution is -2.00. The molecule has 0 saturated heterocycles. The second-order valence-electron chi connectivity index (χ2n) is 3.24. The van der Waals surface area contributed by atoms with Gasteiger partial charge in [0.25, 0.3) is 6.01 Å². The van der Waals surface area contributed by atoms with Crippen LogP contribution in [0.5, 0.6) is 6.01 Å². The molecule has 0 amide bonds. The van der Waals surface area contributed by atoms with Gasteiger partial charge < -0.3 is 4.74 Å². The summed E-state index contributed by atoms with van der Waals surface area (Å²) >= 11 is 4.74. The molecule has 1 N–H and O–H groups in total. The van der Waals surface area contributed by atoms with Crippen molar-refractivity contribution in [2.24, 2.45) is 0 Å². The lowest BCUT2D eigenvalue weighted by molar-refractivity contribution is 0.378. The summed E-state index contributed by atoms with van der Waals surface area (Å²) in [7, 11) is 1.32. The second-order valence-corrected chi connectivity index (χ2v) is 3.60. The number of halogens is 3. The van der Waals surface area contributed by atoms with E-state index in [-0.39, 0.29) is 22.2 Å². The fraction of sp³-hybridized carbons (Fsp3) is 0.100. The molecule has 0 radical (unpaired) electrons. The normalized spacial score (nSPS) is 10.4. The number of aromatic nitrogens is 3. The summed E-state index contributed by atoms with van der Waals surface area (Å²) in [5.74, 6) is -3.54. The lowest BCUT2D eigenvalue weighted by atomic mass is 10.2. The van der Waals surface area contributed by atoms with E-state index < -0.39 is 17.5 Å². The number of hydrogen-bond donors (Lipinski definition) is 1. The van der Waals surface area contributed by atoms with E-state index in [4.69, 9.17) is 17.0 Å². The van der Waals surface area contributed by atoms with Crippen molar-refractivity contribution in [3.63, 3.8) is 0 Å². The van der Waals surface area contributed by atoms with Crippen molar-refractivity contribution in [2.45, 2.75) is 0 Å². The first kappa shape index (κ1) is 12.5. The number of hydrogen-bond acceptors (Lipinski definition) is 4. The Morgan fingerprint density at radius 2 is 1.78 bits per heavy atom. The summed E-state index contributed by atoms with van der Waals surface area (Å²) in [6, 6.07) is 1.10. The van der Waals surface area contributed by atoms with Crippen molar-refractivity contribution in [3.05, 3.63) is 34.4 Å². The molecule has 18 heavy (non-hydrogen) atoms. The largest absolute Gasteiger partial charge is 0.468 e. The Morgan fingerprint density at radius 3 is 2.44 bits per heavy atom. The summed E-state index contributed by atoms with van der Waals surface area (Å²) in [5, 5.41) is 0. The fourth-order valence-electron chi connectivity index (χ4n) is 1.29. The maximum atomic E-state index is 13.5. The molecule has 8 heteroatoms. The summed E-state index contributed by atoms with van der Waals surface area (Å²) in [5.41, 5.74) is -0.263. The zero-order chi connectivity index (χ0) is 13.3. The highest BCUT2D eigenvalue weighted by Gasteiger charge is 2.14. The van der Waals surface area contributed by atoms with Gasteiger partial charge >= 0.3 is 0 Å². The maximum absolute atomic E-state index is 13.5. The first-order chi connectivity index (χ1) is 8.51. The summed E-state index contributed by atoms with van der Waals surface area (Å²) in [4.78, 5) is 9.90. The Hall–Kier alpha value is -1.96. The number of ether oxygens (including phenoxy) is 1. The van der Waals surface area contributed by atoms with E-state index in [1.54, 1.807) is 0 Å². The van der Waals surface area contributed by atoms with Crippen LogP contribution in [0, 0.1) is 22.2 Å². The van der Waals surface area contributed by atoms with E-state index in [0.717, 1.165) is 0 Å². The molecule has 0 spiro atoms. The summed E-state index contributed by atoms with van der Waals surface area (Å²) in [6.07, 6.45) is 0. The van der Waals surface area contributed by atoms with Crippen molar-refractivity contribution < 1.29 is 17.9 Å². The Balaban J connectivity index is 2.65. The standard InChI is InChI=1S/C10H6F3N3OS/c1-17-9-14-8(15-10(18)16-9)4-2-6(12)7(13)3-5(4)11/h2-3H,1H3,(H,14,15,16,18). The van der Waals surface area contributed by atoms with Gasteiger partial charge in [-0.05, 0) is 18.3 Å². The van der Waals surface area contributed by atoms with Crippen LogP contribution in [0.25, 0.3) is 11.4 Å². The lowest BCUT2D eigenvalue weighted by Gasteiger charge is -2.05. The number of rotatable bonds is 2. The molecule has 1 aromatic heterocycles. The number of H-pyrrole nitrogens is 1. The van der Waals surface area contributed by atoms with Crippen molar-refractivity contribution in [3.8, 4) is 17.4 Å². The van der Waals surface area contributed by atoms with E-state index >= 15 is 0 Å². The highest BCUT2D eigenvalue weighted by Crippen LogP contribution is 2.22. The van der Waals surface area contributed by atoms with Gasteiger partial charge in [-0.25, -0.2) is 18.2 Å². The van der Waals surface area contributed by atoms with Crippen molar-refractivity contribution in [1.29, 1.82) is 0 Å². The van der Waals surface area contributed by atoms with Crippen molar-refractivity contribution in [2.75, 3.05) is 7.11 Å². The van der Waals surface area contributed by atoms with Crippen LogP contribution in [0.4, 0.5) is 13.2 Å². The average molecular weight is 273 g/mol. The van der Waals surface area contributed by atoms with Gasteiger partial charge in [-0.15, -0.1) is 0 Å². The van der Waals surface area contributed by atoms with Crippen LogP contribution in [0.2, 0.25) is 0 Å². The molecule has 1 aromatic carbocycles. The van der Waals surface area contributed by atoms with Gasteiger partial charge in [0.2, 0.25) is 4.77 Å². The van der Waals surface area contributed by atoms with Crippen molar-refractivity contribution >= 4 is 12.2 Å². The van der Waals surface area contributed by atoms with Gasteiger partial charge in [-0.2, -0.15) is 4.98 Å². The molecule has 0 fully saturated rings. The number of nitrogens with one attached hydrogen (secondary N) is 1. The molecule has 0 atom stereocenters. The zero-order valence-electron chi connectivity index (χ0n) is 9.00. The molecule has 1 heterocycles. The molecule has 0 aliphatic heterocycles. The monoisotopic (exact) mass is 273 g/mol. The molecule has 4 nitrogen and oxygen atoms in total. The van der Waals surface area contributed by atoms with E-state index in [0.29, 0.717) is 12.1 Å². The van der Waals surface area contributed by atoms with E-state index in [9.17, 15) is 13.2 Å². The first-order valence-electron chi connectivity index (χ1n) is 4.68. The molecular weight excluding hydrogens is 267 g/mol. The van der Waals surface area contributed by atoms with E-state index in [2.05, 4.69) is 15.0 Å². The molecule has 0 bridgehead atoms. The SMILES string of the molecule is COc1nc(=S)nc(-c2cc(F)c(F)cc2F)[nH]1. The smallest absolute Gasteiger partial charge is 0.297 e. The zero-order valence-corrected chi connectivity index (χ0v) is 9.82. The minimum absolute atomic E-state index is 0.00543. The molecule has 2 aromatic rings. The van der Waals surface area contributed by atoms with Gasteiger partial charge in [-0.1, -0.05) is 0 Å². The number of aromatic amines is 1. The van der Waals surface area contributed by atoms with Crippen LogP contribution < -0.4 is 4.74 Å². The second kappa shape index (κ2) is 4.73. The molecule has 94 valence electrons. The minimum Gasteiger partial charge on any atom is -0.468 e. The van der Waals surface area contributed by atoms with Gasteiger partial charge in [0, 0.05) is 6.07 Å². The Labute approximate surface area is 104 Å². The molecule has 0 aliphatic carbocycles. The van der Waals surface area contributed by atoms with Gasteiger partial charge in [-0.3, -0.25) is 4.98 Å². The molecule has 0 saturated carbocycles. The third-order valence-electron chi connectivity index (χ3n) is 2.09. The Kier molecular flexibility index (Phi) is 3.28. The summed E-state index contributed by atoms with van der Waals surface area (Å²) < 4.78 is 44.1. The Morgan fingerprint density at radius 1 is 1.11 bits per heavy atom. The topological polar surface area (TPSA) is 50.8 Å². The van der Waals surface area contributed by atoms with Crippen LogP contribution in [-0.2, 0) is 0 Å². The Bertz CT molecular complexity index is 659. The van der Waals surface area contributed by atoms with Crippen LogP contribution in [0.1, 0.15) is 0 Å². The number of methoxy groups -OCH3 is 1. The predicted octanol–water partition coefficient (Wildman–Crippen LogP) is 2.63. The van der Waals surface area contributed by atoms with Crippen LogP contribution in [0.15, 0.2) is 12.1 Å². The summed E-state index contributed by atoms with van der Waals surface area (Å²) in [6.45, 7) is 0. The van der Waals surface area contributed by atoms with Gasteiger partial charge in [0.15, 0.2) is 11.6 Å². The number of nitrogens with zero attached hydrogens (tertiary/aromatic N) is 2. The quantitative estimate of drug-likeness (QED) is 0.675. The third kappa shape index (κ3) is 2.33. The molecular formula is C10H6F3N3OS. The number of benzene rings is 1. The van der Waals surface area contributed by atoms with Crippen molar-refractivity contribution in [1.82, 2.24) is 15.0 Å². The fourth-order valence-corrected chi connectivity index (χ4v) is 1.47. The predicted molar refractivity (Wildman–Crippen MR) is 59.1 cm³/mol. The highest BCUT2D eigenvalue weighted by atomic mass is 32.1. The molecule has 0 aliphatic rings. The van der Waals surface area contributed by atoms with Gasteiger partial charge in [0.05, 0.1) is 12.7 Å².